The maximum Gasteiger partial charge on any atom is 0.338 e. The summed E-state index contributed by atoms with van der Waals surface area (Å²) >= 11 is 9.35. The summed E-state index contributed by atoms with van der Waals surface area (Å²) in [6.45, 7) is 1.90. The number of hydrogen-bond donors (Lipinski definition) is 1. The third-order valence-corrected chi connectivity index (χ3v) is 6.01. The lowest BCUT2D eigenvalue weighted by Gasteiger charge is -2.12. The molecule has 0 aliphatic carbocycles. The molecule has 1 heterocycles. The minimum absolute atomic E-state index is 0.0688. The van der Waals surface area contributed by atoms with Crippen molar-refractivity contribution in [3.8, 4) is 0 Å². The van der Waals surface area contributed by atoms with Gasteiger partial charge in [0, 0.05) is 30.4 Å². The van der Waals surface area contributed by atoms with Crippen LogP contribution >= 0.6 is 27.5 Å². The number of amides is 3. The van der Waals surface area contributed by atoms with Crippen molar-refractivity contribution < 1.29 is 28.7 Å². The van der Waals surface area contributed by atoms with E-state index in [4.69, 9.17) is 21.1 Å². The van der Waals surface area contributed by atoms with Crippen molar-refractivity contribution in [2.75, 3.05) is 32.2 Å². The van der Waals surface area contributed by atoms with Crippen LogP contribution in [0.3, 0.4) is 0 Å². The Hall–Kier alpha value is -2.75. The number of rotatable bonds is 8. The van der Waals surface area contributed by atoms with Gasteiger partial charge in [-0.3, -0.25) is 19.3 Å². The molecule has 2 aromatic carbocycles. The Labute approximate surface area is 197 Å². The molecule has 32 heavy (non-hydrogen) atoms. The number of benzene rings is 2. The predicted molar refractivity (Wildman–Crippen MR) is 121 cm³/mol. The van der Waals surface area contributed by atoms with Crippen LogP contribution in [0.2, 0.25) is 5.02 Å². The molecule has 0 saturated heterocycles. The van der Waals surface area contributed by atoms with Crippen LogP contribution < -0.4 is 5.32 Å². The van der Waals surface area contributed by atoms with E-state index in [1.807, 2.05) is 0 Å². The van der Waals surface area contributed by atoms with Crippen LogP contribution in [0.25, 0.3) is 0 Å². The van der Waals surface area contributed by atoms with Gasteiger partial charge in [-0.2, -0.15) is 0 Å². The number of aryl methyl sites for hydroxylation is 1. The molecule has 168 valence electrons. The molecule has 0 atom stereocenters. The molecule has 3 rings (SSSR count). The van der Waals surface area contributed by atoms with Gasteiger partial charge in [-0.1, -0.05) is 11.6 Å². The van der Waals surface area contributed by atoms with Crippen LogP contribution in [-0.4, -0.2) is 55.5 Å². The number of carbonyl (C=O) groups excluding carboxylic acids is 4. The number of anilines is 1. The van der Waals surface area contributed by atoms with Gasteiger partial charge >= 0.3 is 5.97 Å². The molecular formula is C22H20BrClN2O6. The Balaban J connectivity index is 1.62. The maximum absolute atomic E-state index is 12.6. The standard InChI is InChI=1S/C22H20BrClN2O6/c1-12-8-16(23)17(24)10-18(12)25-19(27)11-32-22(30)13-4-5-14-15(9-13)21(29)26(20(14)28)6-3-7-31-2/h4-5,8-10H,3,6-7,11H2,1-2H3,(H,25,27). The summed E-state index contributed by atoms with van der Waals surface area (Å²) in [4.78, 5) is 50.7. The summed E-state index contributed by atoms with van der Waals surface area (Å²) in [6.07, 6.45) is 0.509. The van der Waals surface area contributed by atoms with Crippen LogP contribution in [0.4, 0.5) is 5.69 Å². The molecule has 1 N–H and O–H groups in total. The second-order valence-corrected chi connectivity index (χ2v) is 8.34. The van der Waals surface area contributed by atoms with Gasteiger partial charge in [0.15, 0.2) is 6.61 Å². The third kappa shape index (κ3) is 5.17. The molecule has 0 saturated carbocycles. The van der Waals surface area contributed by atoms with Crippen molar-refractivity contribution in [2.24, 2.45) is 0 Å². The van der Waals surface area contributed by atoms with E-state index in [0.29, 0.717) is 28.2 Å². The molecule has 0 spiro atoms. The van der Waals surface area contributed by atoms with Gasteiger partial charge in [0.1, 0.15) is 0 Å². The normalized spacial score (nSPS) is 12.7. The third-order valence-electron chi connectivity index (χ3n) is 4.81. The summed E-state index contributed by atoms with van der Waals surface area (Å²) in [5, 5.41) is 3.06. The minimum Gasteiger partial charge on any atom is -0.452 e. The second-order valence-electron chi connectivity index (χ2n) is 7.07. The summed E-state index contributed by atoms with van der Waals surface area (Å²) in [5.74, 6) is -2.22. The lowest BCUT2D eigenvalue weighted by atomic mass is 10.1. The Morgan fingerprint density at radius 1 is 1.12 bits per heavy atom. The Kier molecular flexibility index (Phi) is 7.65. The van der Waals surface area contributed by atoms with E-state index in [1.54, 1.807) is 19.1 Å². The zero-order valence-corrected chi connectivity index (χ0v) is 19.7. The smallest absolute Gasteiger partial charge is 0.338 e. The van der Waals surface area contributed by atoms with Crippen LogP contribution in [0.5, 0.6) is 0 Å². The molecule has 1 aliphatic heterocycles. The number of esters is 1. The van der Waals surface area contributed by atoms with E-state index in [9.17, 15) is 19.2 Å². The number of carbonyl (C=O) groups is 4. The van der Waals surface area contributed by atoms with Crippen LogP contribution in [0.15, 0.2) is 34.8 Å². The number of hydrogen-bond acceptors (Lipinski definition) is 6. The Morgan fingerprint density at radius 2 is 1.84 bits per heavy atom. The summed E-state index contributed by atoms with van der Waals surface area (Å²) in [5.41, 5.74) is 1.70. The van der Waals surface area contributed by atoms with Gasteiger partial charge in [-0.15, -0.1) is 0 Å². The number of fused-ring (bicyclic) bond motifs is 1. The van der Waals surface area contributed by atoms with Gasteiger partial charge in [-0.05, 0) is 65.2 Å². The summed E-state index contributed by atoms with van der Waals surface area (Å²) < 4.78 is 10.7. The first kappa shape index (κ1) is 23.9. The molecule has 3 amide bonds. The fourth-order valence-corrected chi connectivity index (χ4v) is 3.79. The highest BCUT2D eigenvalue weighted by Gasteiger charge is 2.35. The van der Waals surface area contributed by atoms with Gasteiger partial charge in [-0.25, -0.2) is 4.79 Å². The minimum atomic E-state index is -0.786. The highest BCUT2D eigenvalue weighted by molar-refractivity contribution is 9.10. The van der Waals surface area contributed by atoms with Crippen molar-refractivity contribution in [3.63, 3.8) is 0 Å². The molecule has 0 aromatic heterocycles. The number of methoxy groups -OCH3 is 1. The van der Waals surface area contributed by atoms with E-state index in [1.165, 1.54) is 25.3 Å². The molecule has 0 radical (unpaired) electrons. The average Bonchev–Trinajstić information content (AvgIpc) is 3.00. The Morgan fingerprint density at radius 3 is 2.56 bits per heavy atom. The molecule has 0 fully saturated rings. The SMILES string of the molecule is COCCCN1C(=O)c2ccc(C(=O)OCC(=O)Nc3cc(Cl)c(Br)cc3C)cc2C1=O. The summed E-state index contributed by atoms with van der Waals surface area (Å²) in [6, 6.07) is 7.45. The van der Waals surface area contributed by atoms with Crippen molar-refractivity contribution in [1.29, 1.82) is 0 Å². The van der Waals surface area contributed by atoms with E-state index in [0.717, 1.165) is 10.5 Å². The van der Waals surface area contributed by atoms with Gasteiger partial charge < -0.3 is 14.8 Å². The van der Waals surface area contributed by atoms with E-state index >= 15 is 0 Å². The monoisotopic (exact) mass is 522 g/mol. The first-order chi connectivity index (χ1) is 15.2. The fraction of sp³-hybridized carbons (Fsp3) is 0.273. The lowest BCUT2D eigenvalue weighted by molar-refractivity contribution is -0.119. The zero-order valence-electron chi connectivity index (χ0n) is 17.4. The number of ether oxygens (including phenoxy) is 2. The average molecular weight is 524 g/mol. The number of halogens is 2. The van der Waals surface area contributed by atoms with Crippen LogP contribution in [0, 0.1) is 6.92 Å². The largest absolute Gasteiger partial charge is 0.452 e. The molecule has 1 aliphatic rings. The van der Waals surface area contributed by atoms with E-state index < -0.39 is 30.3 Å². The summed E-state index contributed by atoms with van der Waals surface area (Å²) in [7, 11) is 1.54. The fourth-order valence-electron chi connectivity index (χ4n) is 3.17. The predicted octanol–water partition coefficient (Wildman–Crippen LogP) is 3.84. The van der Waals surface area contributed by atoms with Gasteiger partial charge in [0.25, 0.3) is 17.7 Å². The topological polar surface area (TPSA) is 102 Å². The number of nitrogens with one attached hydrogen (secondary N) is 1. The second kappa shape index (κ2) is 10.2. The van der Waals surface area contributed by atoms with Crippen LogP contribution in [-0.2, 0) is 14.3 Å². The van der Waals surface area contributed by atoms with Crippen molar-refractivity contribution >= 4 is 56.9 Å². The number of nitrogens with zero attached hydrogens (tertiary/aromatic N) is 1. The van der Waals surface area contributed by atoms with E-state index in [-0.39, 0.29) is 23.2 Å². The molecule has 2 aromatic rings. The van der Waals surface area contributed by atoms with Crippen LogP contribution in [0.1, 0.15) is 43.1 Å². The van der Waals surface area contributed by atoms with E-state index in [2.05, 4.69) is 21.2 Å². The highest BCUT2D eigenvalue weighted by Crippen LogP contribution is 2.29. The van der Waals surface area contributed by atoms with Crippen molar-refractivity contribution in [3.05, 3.63) is 62.1 Å². The first-order valence-electron chi connectivity index (χ1n) is 9.64. The highest BCUT2D eigenvalue weighted by atomic mass is 79.9. The Bertz CT molecular complexity index is 1100. The first-order valence-corrected chi connectivity index (χ1v) is 10.8. The van der Waals surface area contributed by atoms with Crippen molar-refractivity contribution in [2.45, 2.75) is 13.3 Å². The molecule has 0 bridgehead atoms. The maximum atomic E-state index is 12.6. The van der Waals surface area contributed by atoms with Gasteiger partial charge in [0.2, 0.25) is 0 Å². The molecule has 10 heteroatoms. The molecular weight excluding hydrogens is 504 g/mol. The molecule has 8 nitrogen and oxygen atoms in total. The lowest BCUT2D eigenvalue weighted by Crippen LogP contribution is -2.31. The van der Waals surface area contributed by atoms with Gasteiger partial charge in [0.05, 0.1) is 21.7 Å². The van der Waals surface area contributed by atoms with Crippen molar-refractivity contribution in [1.82, 2.24) is 4.90 Å². The zero-order chi connectivity index (χ0) is 23.4. The quantitative estimate of drug-likeness (QED) is 0.320. The molecule has 0 unspecified atom stereocenters. The number of imide groups is 1.